The molecule has 0 aliphatic heterocycles. The minimum absolute atomic E-state index is 0.150. The lowest BCUT2D eigenvalue weighted by molar-refractivity contribution is -0.142. The van der Waals surface area contributed by atoms with Gasteiger partial charge in [-0.3, -0.25) is 4.79 Å². The topological polar surface area (TPSA) is 49.3 Å². The first-order valence-corrected chi connectivity index (χ1v) is 8.84. The maximum Gasteiger partial charge on any atom is 0.306 e. The predicted octanol–water partition coefficient (Wildman–Crippen LogP) is 4.32. The molecule has 116 valence electrons. The standard InChI is InChI=1S/C15H19Cl2NO2S/c16-11-3-6-13(17)14(9-11)21-8-7-18-12-4-1-10(2-5-12)15(19)20/h3,6,9-10,12,18H,1-2,4-5,7-8H2,(H,19,20). The molecule has 1 aromatic rings. The van der Waals surface area contributed by atoms with Crippen LogP contribution in [0.3, 0.4) is 0 Å². The Kier molecular flexibility index (Phi) is 6.68. The molecule has 0 saturated heterocycles. The van der Waals surface area contributed by atoms with Gasteiger partial charge in [0.25, 0.3) is 0 Å². The first kappa shape index (κ1) is 16.9. The van der Waals surface area contributed by atoms with Crippen LogP contribution in [0.4, 0.5) is 0 Å². The van der Waals surface area contributed by atoms with E-state index in [1.807, 2.05) is 12.1 Å². The number of carboxylic acids is 1. The summed E-state index contributed by atoms with van der Waals surface area (Å²) in [6.45, 7) is 0.885. The number of nitrogens with one attached hydrogen (secondary N) is 1. The van der Waals surface area contributed by atoms with Gasteiger partial charge >= 0.3 is 5.97 Å². The second kappa shape index (κ2) is 8.28. The zero-order valence-corrected chi connectivity index (χ0v) is 14.0. The van der Waals surface area contributed by atoms with Crippen LogP contribution in [0.25, 0.3) is 0 Å². The van der Waals surface area contributed by atoms with E-state index in [1.165, 1.54) is 0 Å². The SMILES string of the molecule is O=C(O)C1CCC(NCCSc2cc(Cl)ccc2Cl)CC1. The van der Waals surface area contributed by atoms with E-state index in [1.54, 1.807) is 17.8 Å². The van der Waals surface area contributed by atoms with Crippen LogP contribution in [-0.2, 0) is 4.79 Å². The number of hydrogen-bond acceptors (Lipinski definition) is 3. The molecule has 1 aromatic carbocycles. The van der Waals surface area contributed by atoms with Crippen molar-refractivity contribution < 1.29 is 9.90 Å². The normalized spacial score (nSPS) is 22.2. The smallest absolute Gasteiger partial charge is 0.306 e. The molecule has 0 spiro atoms. The van der Waals surface area contributed by atoms with Crippen LogP contribution in [0, 0.1) is 5.92 Å². The Morgan fingerprint density at radius 1 is 1.29 bits per heavy atom. The number of aliphatic carboxylic acids is 1. The Hall–Kier alpha value is -0.420. The highest BCUT2D eigenvalue weighted by Crippen LogP contribution is 2.29. The van der Waals surface area contributed by atoms with Gasteiger partial charge in [-0.15, -0.1) is 11.8 Å². The van der Waals surface area contributed by atoms with E-state index in [0.29, 0.717) is 11.1 Å². The monoisotopic (exact) mass is 347 g/mol. The Balaban J connectivity index is 1.66. The zero-order chi connectivity index (χ0) is 15.2. The maximum absolute atomic E-state index is 10.9. The molecule has 1 saturated carbocycles. The summed E-state index contributed by atoms with van der Waals surface area (Å²) in [6.07, 6.45) is 3.44. The van der Waals surface area contributed by atoms with Crippen molar-refractivity contribution >= 4 is 40.9 Å². The Morgan fingerprint density at radius 3 is 2.67 bits per heavy atom. The molecule has 2 N–H and O–H groups in total. The van der Waals surface area contributed by atoms with Gasteiger partial charge in [0.05, 0.1) is 10.9 Å². The van der Waals surface area contributed by atoms with Crippen LogP contribution in [0.15, 0.2) is 23.1 Å². The third-order valence-electron chi connectivity index (χ3n) is 3.76. The summed E-state index contributed by atoms with van der Waals surface area (Å²) in [5, 5.41) is 13.9. The van der Waals surface area contributed by atoms with Gasteiger partial charge in [0, 0.05) is 28.3 Å². The van der Waals surface area contributed by atoms with Gasteiger partial charge in [-0.25, -0.2) is 0 Å². The number of thioether (sulfide) groups is 1. The van der Waals surface area contributed by atoms with Crippen molar-refractivity contribution in [1.29, 1.82) is 0 Å². The van der Waals surface area contributed by atoms with Crippen molar-refractivity contribution in [2.75, 3.05) is 12.3 Å². The van der Waals surface area contributed by atoms with E-state index in [4.69, 9.17) is 28.3 Å². The van der Waals surface area contributed by atoms with Crippen LogP contribution in [-0.4, -0.2) is 29.4 Å². The summed E-state index contributed by atoms with van der Waals surface area (Å²) in [4.78, 5) is 11.9. The molecule has 0 atom stereocenters. The molecule has 1 fully saturated rings. The Morgan fingerprint density at radius 2 is 2.00 bits per heavy atom. The molecule has 0 amide bonds. The molecule has 2 rings (SSSR count). The lowest BCUT2D eigenvalue weighted by Gasteiger charge is -2.26. The summed E-state index contributed by atoms with van der Waals surface area (Å²) in [5.41, 5.74) is 0. The van der Waals surface area contributed by atoms with Gasteiger partial charge in [-0.1, -0.05) is 23.2 Å². The summed E-state index contributed by atoms with van der Waals surface area (Å²) in [6, 6.07) is 5.92. The lowest BCUT2D eigenvalue weighted by atomic mass is 9.86. The molecule has 0 heterocycles. The van der Waals surface area contributed by atoms with Gasteiger partial charge in [0.2, 0.25) is 0 Å². The summed E-state index contributed by atoms with van der Waals surface area (Å²) in [5.74, 6) is 0.112. The molecule has 1 aliphatic carbocycles. The van der Waals surface area contributed by atoms with E-state index in [9.17, 15) is 4.79 Å². The minimum atomic E-state index is -0.653. The highest BCUT2D eigenvalue weighted by atomic mass is 35.5. The van der Waals surface area contributed by atoms with Crippen LogP contribution in [0.5, 0.6) is 0 Å². The second-order valence-corrected chi connectivity index (χ2v) is 7.24. The number of benzene rings is 1. The Labute approximate surface area is 139 Å². The molecule has 21 heavy (non-hydrogen) atoms. The van der Waals surface area contributed by atoms with Crippen molar-refractivity contribution in [3.63, 3.8) is 0 Å². The maximum atomic E-state index is 10.9. The fourth-order valence-electron chi connectivity index (χ4n) is 2.56. The lowest BCUT2D eigenvalue weighted by Crippen LogP contribution is -2.36. The van der Waals surface area contributed by atoms with Crippen molar-refractivity contribution in [1.82, 2.24) is 5.32 Å². The van der Waals surface area contributed by atoms with Crippen molar-refractivity contribution in [3.8, 4) is 0 Å². The highest BCUT2D eigenvalue weighted by molar-refractivity contribution is 7.99. The van der Waals surface area contributed by atoms with Crippen LogP contribution >= 0.6 is 35.0 Å². The molecular weight excluding hydrogens is 329 g/mol. The number of halogens is 2. The quantitative estimate of drug-likeness (QED) is 0.594. The van der Waals surface area contributed by atoms with E-state index in [2.05, 4.69) is 5.32 Å². The zero-order valence-electron chi connectivity index (χ0n) is 11.6. The molecule has 6 heteroatoms. The number of carbonyl (C=O) groups is 1. The van der Waals surface area contributed by atoms with E-state index in [0.717, 1.165) is 47.9 Å². The molecule has 0 unspecified atom stereocenters. The van der Waals surface area contributed by atoms with Gasteiger partial charge in [-0.2, -0.15) is 0 Å². The fraction of sp³-hybridized carbons (Fsp3) is 0.533. The molecule has 3 nitrogen and oxygen atoms in total. The van der Waals surface area contributed by atoms with Crippen LogP contribution in [0.1, 0.15) is 25.7 Å². The van der Waals surface area contributed by atoms with Crippen LogP contribution in [0.2, 0.25) is 10.0 Å². The first-order chi connectivity index (χ1) is 10.1. The van der Waals surface area contributed by atoms with Gasteiger partial charge in [-0.05, 0) is 43.9 Å². The molecule has 0 aromatic heterocycles. The van der Waals surface area contributed by atoms with Crippen LogP contribution < -0.4 is 5.32 Å². The minimum Gasteiger partial charge on any atom is -0.481 e. The second-order valence-electron chi connectivity index (χ2n) is 5.26. The fourth-order valence-corrected chi connectivity index (χ4v) is 3.93. The molecular formula is C15H19Cl2NO2S. The number of carboxylic acid groups (broad SMARTS) is 1. The predicted molar refractivity (Wildman–Crippen MR) is 88.6 cm³/mol. The average molecular weight is 348 g/mol. The van der Waals surface area contributed by atoms with E-state index in [-0.39, 0.29) is 5.92 Å². The number of hydrogen-bond donors (Lipinski definition) is 2. The van der Waals surface area contributed by atoms with Gasteiger partial charge in [0.15, 0.2) is 0 Å². The summed E-state index contributed by atoms with van der Waals surface area (Å²) < 4.78 is 0. The first-order valence-electron chi connectivity index (χ1n) is 7.10. The molecule has 1 aliphatic rings. The van der Waals surface area contributed by atoms with E-state index < -0.39 is 5.97 Å². The van der Waals surface area contributed by atoms with Gasteiger partial charge < -0.3 is 10.4 Å². The summed E-state index contributed by atoms with van der Waals surface area (Å²) >= 11 is 13.8. The van der Waals surface area contributed by atoms with Gasteiger partial charge in [0.1, 0.15) is 0 Å². The molecule has 0 radical (unpaired) electrons. The third-order valence-corrected chi connectivity index (χ3v) is 5.50. The van der Waals surface area contributed by atoms with Crippen molar-refractivity contribution in [2.24, 2.45) is 5.92 Å². The average Bonchev–Trinajstić information content (AvgIpc) is 2.47. The highest BCUT2D eigenvalue weighted by Gasteiger charge is 2.25. The van der Waals surface area contributed by atoms with Crippen molar-refractivity contribution in [2.45, 2.75) is 36.6 Å². The Bertz CT molecular complexity index is 491. The van der Waals surface area contributed by atoms with Crippen molar-refractivity contribution in [3.05, 3.63) is 28.2 Å². The third kappa shape index (κ3) is 5.37. The summed E-state index contributed by atoms with van der Waals surface area (Å²) in [7, 11) is 0. The van der Waals surface area contributed by atoms with E-state index >= 15 is 0 Å². The molecule has 0 bridgehead atoms. The number of rotatable bonds is 6. The largest absolute Gasteiger partial charge is 0.481 e.